The van der Waals surface area contributed by atoms with Crippen molar-refractivity contribution >= 4 is 17.5 Å². The summed E-state index contributed by atoms with van der Waals surface area (Å²) in [6.45, 7) is 6.47. The van der Waals surface area contributed by atoms with Gasteiger partial charge in [0.1, 0.15) is 5.75 Å². The Kier molecular flexibility index (Phi) is 6.49. The first-order valence-electron chi connectivity index (χ1n) is 7.54. The summed E-state index contributed by atoms with van der Waals surface area (Å²) in [6.07, 6.45) is 0.897. The lowest BCUT2D eigenvalue weighted by Crippen LogP contribution is -2.40. The van der Waals surface area contributed by atoms with E-state index in [0.717, 1.165) is 39.3 Å². The molecule has 2 rings (SSSR count). The normalized spacial score (nSPS) is 17.0. The molecule has 122 valence electrons. The maximum atomic E-state index is 12.4. The summed E-state index contributed by atoms with van der Waals surface area (Å²) in [5.41, 5.74) is 0.466. The van der Waals surface area contributed by atoms with E-state index in [1.54, 1.807) is 25.3 Å². The molecule has 1 aliphatic rings. The lowest BCUT2D eigenvalue weighted by molar-refractivity contribution is 0.0363. The highest BCUT2D eigenvalue weighted by Crippen LogP contribution is 2.22. The predicted octanol–water partition coefficient (Wildman–Crippen LogP) is 2.19. The third kappa shape index (κ3) is 4.87. The van der Waals surface area contributed by atoms with Gasteiger partial charge in [-0.2, -0.15) is 0 Å². The van der Waals surface area contributed by atoms with Crippen LogP contribution in [0.5, 0.6) is 5.75 Å². The zero-order valence-electron chi connectivity index (χ0n) is 13.1. The van der Waals surface area contributed by atoms with E-state index >= 15 is 0 Å². The fraction of sp³-hybridized carbons (Fsp3) is 0.562. The van der Waals surface area contributed by atoms with Gasteiger partial charge in [0, 0.05) is 30.7 Å². The Labute approximate surface area is 136 Å². The number of nitrogens with one attached hydrogen (secondary N) is 1. The van der Waals surface area contributed by atoms with Gasteiger partial charge >= 0.3 is 0 Å². The smallest absolute Gasteiger partial charge is 0.255 e. The van der Waals surface area contributed by atoms with E-state index < -0.39 is 0 Å². The second-order valence-electron chi connectivity index (χ2n) is 5.46. The summed E-state index contributed by atoms with van der Waals surface area (Å²) >= 11 is 5.96. The number of morpholine rings is 1. The van der Waals surface area contributed by atoms with Gasteiger partial charge in [-0.1, -0.05) is 11.6 Å². The Bertz CT molecular complexity index is 504. The highest BCUT2D eigenvalue weighted by atomic mass is 35.5. The average Bonchev–Trinajstić information content (AvgIpc) is 2.54. The van der Waals surface area contributed by atoms with E-state index in [4.69, 9.17) is 21.1 Å². The Hall–Kier alpha value is -1.30. The lowest BCUT2D eigenvalue weighted by Gasteiger charge is -2.27. The zero-order valence-corrected chi connectivity index (χ0v) is 13.9. The zero-order chi connectivity index (χ0) is 15.9. The molecule has 22 heavy (non-hydrogen) atoms. The van der Waals surface area contributed by atoms with Crippen LogP contribution in [0.2, 0.25) is 5.02 Å². The molecule has 1 saturated heterocycles. The number of benzene rings is 1. The standard InChI is InChI=1S/C16H23ClN2O3/c1-12(5-6-19-7-9-22-10-8-19)18-16(20)14-11-13(17)3-4-15(14)21-2/h3-4,11-12H,5-10H2,1-2H3,(H,18,20)/t12-/m0/s1. The van der Waals surface area contributed by atoms with E-state index in [1.165, 1.54) is 0 Å². The molecule has 5 nitrogen and oxygen atoms in total. The highest BCUT2D eigenvalue weighted by molar-refractivity contribution is 6.31. The molecule has 1 aromatic rings. The fourth-order valence-corrected chi connectivity index (χ4v) is 2.60. The topological polar surface area (TPSA) is 50.8 Å². The minimum atomic E-state index is -0.158. The van der Waals surface area contributed by atoms with Crippen molar-refractivity contribution in [1.82, 2.24) is 10.2 Å². The maximum Gasteiger partial charge on any atom is 0.255 e. The number of halogens is 1. The van der Waals surface area contributed by atoms with Crippen molar-refractivity contribution in [2.24, 2.45) is 0 Å². The molecule has 1 aliphatic heterocycles. The van der Waals surface area contributed by atoms with Gasteiger partial charge in [-0.25, -0.2) is 0 Å². The van der Waals surface area contributed by atoms with Crippen LogP contribution in [0.25, 0.3) is 0 Å². The molecule has 0 unspecified atom stereocenters. The second-order valence-corrected chi connectivity index (χ2v) is 5.90. The number of hydrogen-bond acceptors (Lipinski definition) is 4. The summed E-state index contributed by atoms with van der Waals surface area (Å²) in [5, 5.41) is 3.52. The van der Waals surface area contributed by atoms with Crippen LogP contribution in [0.4, 0.5) is 0 Å². The monoisotopic (exact) mass is 326 g/mol. The lowest BCUT2D eigenvalue weighted by atomic mass is 10.1. The van der Waals surface area contributed by atoms with Gasteiger partial charge in [-0.15, -0.1) is 0 Å². The fourth-order valence-electron chi connectivity index (χ4n) is 2.43. The van der Waals surface area contributed by atoms with E-state index in [2.05, 4.69) is 10.2 Å². The van der Waals surface area contributed by atoms with Gasteiger partial charge in [0.15, 0.2) is 0 Å². The van der Waals surface area contributed by atoms with Crippen LogP contribution in [-0.2, 0) is 4.74 Å². The minimum Gasteiger partial charge on any atom is -0.496 e. The largest absolute Gasteiger partial charge is 0.496 e. The number of carbonyl (C=O) groups excluding carboxylic acids is 1. The molecule has 0 radical (unpaired) electrons. The van der Waals surface area contributed by atoms with Crippen LogP contribution in [0, 0.1) is 0 Å². The van der Waals surface area contributed by atoms with Crippen LogP contribution < -0.4 is 10.1 Å². The first-order chi connectivity index (χ1) is 10.6. The molecule has 1 N–H and O–H groups in total. The molecule has 6 heteroatoms. The molecular weight excluding hydrogens is 304 g/mol. The van der Waals surface area contributed by atoms with Crippen molar-refractivity contribution < 1.29 is 14.3 Å². The molecule has 1 atom stereocenters. The summed E-state index contributed by atoms with van der Waals surface area (Å²) in [4.78, 5) is 14.7. The Balaban J connectivity index is 1.86. The molecule has 0 bridgehead atoms. The Morgan fingerprint density at radius 2 is 2.18 bits per heavy atom. The number of methoxy groups -OCH3 is 1. The molecule has 1 amide bonds. The van der Waals surface area contributed by atoms with Crippen LogP contribution >= 0.6 is 11.6 Å². The average molecular weight is 327 g/mol. The number of nitrogens with zero attached hydrogens (tertiary/aromatic N) is 1. The van der Waals surface area contributed by atoms with Gasteiger partial charge in [0.2, 0.25) is 0 Å². The van der Waals surface area contributed by atoms with E-state index in [-0.39, 0.29) is 11.9 Å². The SMILES string of the molecule is COc1ccc(Cl)cc1C(=O)N[C@@H](C)CCN1CCOCC1. The van der Waals surface area contributed by atoms with Gasteiger partial charge in [-0.05, 0) is 31.5 Å². The van der Waals surface area contributed by atoms with E-state index in [1.807, 2.05) is 6.92 Å². The second kappa shape index (κ2) is 8.36. The van der Waals surface area contributed by atoms with Crippen LogP contribution in [-0.4, -0.2) is 56.8 Å². The summed E-state index contributed by atoms with van der Waals surface area (Å²) < 4.78 is 10.5. The van der Waals surface area contributed by atoms with Crippen LogP contribution in [0.15, 0.2) is 18.2 Å². The molecule has 1 fully saturated rings. The van der Waals surface area contributed by atoms with Crippen molar-refractivity contribution in [3.63, 3.8) is 0 Å². The Morgan fingerprint density at radius 3 is 2.86 bits per heavy atom. The van der Waals surface area contributed by atoms with Gasteiger partial charge in [0.05, 0.1) is 25.9 Å². The predicted molar refractivity (Wildman–Crippen MR) is 86.8 cm³/mol. The number of amides is 1. The van der Waals surface area contributed by atoms with Crippen molar-refractivity contribution in [1.29, 1.82) is 0 Å². The molecule has 0 aromatic heterocycles. The van der Waals surface area contributed by atoms with Crippen LogP contribution in [0.3, 0.4) is 0 Å². The first-order valence-corrected chi connectivity index (χ1v) is 7.92. The number of hydrogen-bond donors (Lipinski definition) is 1. The van der Waals surface area contributed by atoms with E-state index in [9.17, 15) is 4.79 Å². The van der Waals surface area contributed by atoms with Crippen LogP contribution in [0.1, 0.15) is 23.7 Å². The summed E-state index contributed by atoms with van der Waals surface area (Å²) in [6, 6.07) is 5.12. The number of ether oxygens (including phenoxy) is 2. The number of carbonyl (C=O) groups is 1. The molecular formula is C16H23ClN2O3. The minimum absolute atomic E-state index is 0.0824. The van der Waals surface area contributed by atoms with Crippen molar-refractivity contribution in [3.05, 3.63) is 28.8 Å². The van der Waals surface area contributed by atoms with Gasteiger partial charge in [0.25, 0.3) is 5.91 Å². The molecule has 0 saturated carbocycles. The molecule has 1 aromatic carbocycles. The summed E-state index contributed by atoms with van der Waals surface area (Å²) in [5.74, 6) is 0.371. The third-order valence-corrected chi connectivity index (χ3v) is 4.00. The highest BCUT2D eigenvalue weighted by Gasteiger charge is 2.16. The summed E-state index contributed by atoms with van der Waals surface area (Å²) in [7, 11) is 1.54. The third-order valence-electron chi connectivity index (χ3n) is 3.77. The van der Waals surface area contributed by atoms with Gasteiger partial charge < -0.3 is 14.8 Å². The first kappa shape index (κ1) is 17.1. The van der Waals surface area contributed by atoms with E-state index in [0.29, 0.717) is 16.3 Å². The van der Waals surface area contributed by atoms with Crippen molar-refractivity contribution in [2.75, 3.05) is 40.0 Å². The molecule has 0 aliphatic carbocycles. The van der Waals surface area contributed by atoms with Crippen molar-refractivity contribution in [3.8, 4) is 5.75 Å². The Morgan fingerprint density at radius 1 is 1.45 bits per heavy atom. The maximum absolute atomic E-state index is 12.4. The number of rotatable bonds is 6. The van der Waals surface area contributed by atoms with Gasteiger partial charge in [-0.3, -0.25) is 9.69 Å². The molecule has 0 spiro atoms. The van der Waals surface area contributed by atoms with Crippen molar-refractivity contribution in [2.45, 2.75) is 19.4 Å². The quantitative estimate of drug-likeness (QED) is 0.870. The molecule has 1 heterocycles.